The lowest BCUT2D eigenvalue weighted by Crippen LogP contribution is -2.58. The SMILES string of the molecule is CN1C(=N)N[C@](C)(c2cccc(-c3ccc(F)c(N)c3)c2)CC1=O. The molecule has 3 rings (SSSR count). The van der Waals surface area contributed by atoms with Gasteiger partial charge in [-0.05, 0) is 41.8 Å². The van der Waals surface area contributed by atoms with Gasteiger partial charge in [-0.2, -0.15) is 0 Å². The molecule has 1 aliphatic rings. The Kier molecular flexibility index (Phi) is 3.75. The van der Waals surface area contributed by atoms with Crippen LogP contribution >= 0.6 is 0 Å². The number of guanidine groups is 1. The second-order valence-electron chi connectivity index (χ2n) is 6.25. The lowest BCUT2D eigenvalue weighted by Gasteiger charge is -2.39. The third kappa shape index (κ3) is 2.71. The molecular formula is C18H19FN4O. The normalized spacial score (nSPS) is 20.9. The predicted molar refractivity (Wildman–Crippen MR) is 91.8 cm³/mol. The Morgan fingerprint density at radius 2 is 1.96 bits per heavy atom. The zero-order valence-corrected chi connectivity index (χ0v) is 13.6. The summed E-state index contributed by atoms with van der Waals surface area (Å²) in [5, 5.41) is 11.0. The molecule has 1 saturated heterocycles. The van der Waals surface area contributed by atoms with E-state index in [9.17, 15) is 9.18 Å². The number of nitrogens with one attached hydrogen (secondary N) is 2. The van der Waals surface area contributed by atoms with Crippen molar-refractivity contribution in [3.8, 4) is 11.1 Å². The fraction of sp³-hybridized carbons (Fsp3) is 0.222. The summed E-state index contributed by atoms with van der Waals surface area (Å²) in [4.78, 5) is 13.4. The quantitative estimate of drug-likeness (QED) is 0.742. The maximum absolute atomic E-state index is 13.4. The van der Waals surface area contributed by atoms with Crippen molar-refractivity contribution in [1.82, 2.24) is 10.2 Å². The van der Waals surface area contributed by atoms with Gasteiger partial charge >= 0.3 is 0 Å². The second-order valence-corrected chi connectivity index (χ2v) is 6.25. The Hall–Kier alpha value is -2.89. The summed E-state index contributed by atoms with van der Waals surface area (Å²) in [5.41, 5.74) is 7.64. The fourth-order valence-electron chi connectivity index (χ4n) is 2.87. The van der Waals surface area contributed by atoms with E-state index in [0.29, 0.717) is 0 Å². The number of nitrogens with two attached hydrogens (primary N) is 1. The van der Waals surface area contributed by atoms with Crippen LogP contribution in [0, 0.1) is 11.2 Å². The van der Waals surface area contributed by atoms with E-state index in [1.807, 2.05) is 31.2 Å². The third-order valence-corrected chi connectivity index (χ3v) is 4.44. The topological polar surface area (TPSA) is 82.2 Å². The van der Waals surface area contributed by atoms with Crippen LogP contribution in [0.1, 0.15) is 18.9 Å². The Bertz CT molecular complexity index is 816. The van der Waals surface area contributed by atoms with E-state index < -0.39 is 11.4 Å². The summed E-state index contributed by atoms with van der Waals surface area (Å²) in [6, 6.07) is 12.2. The van der Waals surface area contributed by atoms with Crippen molar-refractivity contribution < 1.29 is 9.18 Å². The van der Waals surface area contributed by atoms with E-state index in [-0.39, 0.29) is 24.0 Å². The molecular weight excluding hydrogens is 307 g/mol. The van der Waals surface area contributed by atoms with Gasteiger partial charge in [0.2, 0.25) is 5.91 Å². The highest BCUT2D eigenvalue weighted by Crippen LogP contribution is 2.32. The first-order valence-corrected chi connectivity index (χ1v) is 7.59. The Balaban J connectivity index is 2.00. The number of halogens is 1. The molecule has 0 saturated carbocycles. The van der Waals surface area contributed by atoms with Gasteiger partial charge < -0.3 is 11.1 Å². The average Bonchev–Trinajstić information content (AvgIpc) is 2.55. The minimum Gasteiger partial charge on any atom is -0.396 e. The number of hydrogen-bond acceptors (Lipinski definition) is 3. The summed E-state index contributed by atoms with van der Waals surface area (Å²) >= 11 is 0. The van der Waals surface area contributed by atoms with Gasteiger partial charge in [0.05, 0.1) is 17.6 Å². The molecule has 6 heteroatoms. The summed E-state index contributed by atoms with van der Waals surface area (Å²) < 4.78 is 13.4. The molecule has 1 fully saturated rings. The molecule has 4 N–H and O–H groups in total. The number of rotatable bonds is 2. The molecule has 1 amide bonds. The molecule has 1 heterocycles. The molecule has 2 aromatic carbocycles. The molecule has 0 aliphatic carbocycles. The Labute approximate surface area is 139 Å². The minimum absolute atomic E-state index is 0.0742. The van der Waals surface area contributed by atoms with Gasteiger partial charge in [-0.1, -0.05) is 24.3 Å². The van der Waals surface area contributed by atoms with Crippen molar-refractivity contribution in [2.24, 2.45) is 0 Å². The Morgan fingerprint density at radius 3 is 2.62 bits per heavy atom. The van der Waals surface area contributed by atoms with Crippen LogP contribution in [0.3, 0.4) is 0 Å². The molecule has 5 nitrogen and oxygen atoms in total. The fourth-order valence-corrected chi connectivity index (χ4v) is 2.87. The number of carbonyl (C=O) groups excluding carboxylic acids is 1. The van der Waals surface area contributed by atoms with Crippen LogP contribution in [0.5, 0.6) is 0 Å². The van der Waals surface area contributed by atoms with Crippen molar-refractivity contribution in [3.63, 3.8) is 0 Å². The highest BCUT2D eigenvalue weighted by molar-refractivity contribution is 5.98. The van der Waals surface area contributed by atoms with E-state index in [4.69, 9.17) is 11.1 Å². The van der Waals surface area contributed by atoms with E-state index in [1.54, 1.807) is 19.2 Å². The summed E-state index contributed by atoms with van der Waals surface area (Å²) in [7, 11) is 1.58. The highest BCUT2D eigenvalue weighted by Gasteiger charge is 2.37. The lowest BCUT2D eigenvalue weighted by molar-refractivity contribution is -0.129. The highest BCUT2D eigenvalue weighted by atomic mass is 19.1. The van der Waals surface area contributed by atoms with Crippen molar-refractivity contribution in [1.29, 1.82) is 5.41 Å². The maximum Gasteiger partial charge on any atom is 0.231 e. The van der Waals surface area contributed by atoms with Gasteiger partial charge in [0.25, 0.3) is 0 Å². The molecule has 2 aromatic rings. The number of hydrogen-bond donors (Lipinski definition) is 3. The summed E-state index contributed by atoms with van der Waals surface area (Å²) in [6.07, 6.45) is 0.251. The average molecular weight is 326 g/mol. The largest absolute Gasteiger partial charge is 0.396 e. The van der Waals surface area contributed by atoms with Crippen LogP contribution in [0.25, 0.3) is 11.1 Å². The van der Waals surface area contributed by atoms with Gasteiger partial charge in [-0.15, -0.1) is 0 Å². The van der Waals surface area contributed by atoms with Gasteiger partial charge in [-0.25, -0.2) is 4.39 Å². The second kappa shape index (κ2) is 5.63. The number of anilines is 1. The maximum atomic E-state index is 13.4. The van der Waals surface area contributed by atoms with Gasteiger partial charge in [0.1, 0.15) is 5.82 Å². The molecule has 124 valence electrons. The first-order valence-electron chi connectivity index (χ1n) is 7.59. The van der Waals surface area contributed by atoms with E-state index in [2.05, 4.69) is 5.32 Å². The smallest absolute Gasteiger partial charge is 0.231 e. The molecule has 0 spiro atoms. The standard InChI is InChI=1S/C18H19FN4O/c1-18(10-16(24)23(2)17(21)22-18)13-5-3-4-11(8-13)12-6-7-14(19)15(20)9-12/h3-9H,10,20H2,1-2H3,(H2,21,22)/t18-/m0/s1. The van der Waals surface area contributed by atoms with E-state index >= 15 is 0 Å². The van der Waals surface area contributed by atoms with Crippen molar-refractivity contribution in [2.45, 2.75) is 18.9 Å². The molecule has 1 atom stereocenters. The zero-order valence-electron chi connectivity index (χ0n) is 13.6. The van der Waals surface area contributed by atoms with Crippen LogP contribution in [0.2, 0.25) is 0 Å². The number of nitrogens with zero attached hydrogens (tertiary/aromatic N) is 1. The van der Waals surface area contributed by atoms with Crippen LogP contribution in [-0.2, 0) is 10.3 Å². The van der Waals surface area contributed by atoms with E-state index in [0.717, 1.165) is 16.7 Å². The number of nitrogen functional groups attached to an aromatic ring is 1. The third-order valence-electron chi connectivity index (χ3n) is 4.44. The van der Waals surface area contributed by atoms with Crippen LogP contribution in [-0.4, -0.2) is 23.8 Å². The Morgan fingerprint density at radius 1 is 1.25 bits per heavy atom. The van der Waals surface area contributed by atoms with E-state index in [1.165, 1.54) is 11.0 Å². The number of carbonyl (C=O) groups is 1. The molecule has 0 radical (unpaired) electrons. The molecule has 24 heavy (non-hydrogen) atoms. The molecule has 0 bridgehead atoms. The monoisotopic (exact) mass is 326 g/mol. The van der Waals surface area contributed by atoms with Crippen LogP contribution < -0.4 is 11.1 Å². The van der Waals surface area contributed by atoms with Crippen molar-refractivity contribution in [3.05, 3.63) is 53.8 Å². The zero-order chi connectivity index (χ0) is 17.5. The minimum atomic E-state index is -0.664. The van der Waals surface area contributed by atoms with Crippen molar-refractivity contribution >= 4 is 17.6 Å². The van der Waals surface area contributed by atoms with Gasteiger partial charge in [-0.3, -0.25) is 15.1 Å². The molecule has 0 unspecified atom stereocenters. The number of benzene rings is 2. The summed E-state index contributed by atoms with van der Waals surface area (Å²) in [6.45, 7) is 1.89. The first kappa shape index (κ1) is 16.0. The van der Waals surface area contributed by atoms with Crippen molar-refractivity contribution in [2.75, 3.05) is 12.8 Å². The number of amides is 1. The van der Waals surface area contributed by atoms with Crippen LogP contribution in [0.4, 0.5) is 10.1 Å². The molecule has 0 aromatic heterocycles. The molecule has 1 aliphatic heterocycles. The van der Waals surface area contributed by atoms with Crippen LogP contribution in [0.15, 0.2) is 42.5 Å². The predicted octanol–water partition coefficient (Wildman–Crippen LogP) is 2.68. The van der Waals surface area contributed by atoms with Gasteiger partial charge in [0.15, 0.2) is 5.96 Å². The lowest BCUT2D eigenvalue weighted by atomic mass is 9.85. The summed E-state index contributed by atoms with van der Waals surface area (Å²) in [5.74, 6) is -0.485. The van der Waals surface area contributed by atoms with Gasteiger partial charge in [0, 0.05) is 7.05 Å². The first-order chi connectivity index (χ1) is 11.3.